The molecule has 1 unspecified atom stereocenters. The number of carbonyl (C=O) groups excluding carboxylic acids is 1. The number of ketones is 1. The fraction of sp³-hybridized carbons (Fsp3) is 0.500. The van der Waals surface area contributed by atoms with Gasteiger partial charge in [0.05, 0.1) is 5.56 Å². The van der Waals surface area contributed by atoms with E-state index >= 15 is 0 Å². The van der Waals surface area contributed by atoms with E-state index in [4.69, 9.17) is 5.11 Å². The first-order valence-electron chi connectivity index (χ1n) is 6.42. The first kappa shape index (κ1) is 14.1. The average molecular weight is 269 g/mol. The molecule has 1 aliphatic heterocycles. The van der Waals surface area contributed by atoms with Crippen LogP contribution in [0, 0.1) is 17.6 Å². The highest BCUT2D eigenvalue weighted by molar-refractivity contribution is 5.96. The molecule has 0 amide bonds. The normalized spacial score (nSPS) is 19.8. The molecule has 5 heteroatoms. The van der Waals surface area contributed by atoms with Crippen LogP contribution >= 0.6 is 0 Å². The molecular weight excluding hydrogens is 252 g/mol. The Kier molecular flexibility index (Phi) is 4.61. The third-order valence-corrected chi connectivity index (χ3v) is 3.54. The Hall–Kier alpha value is -1.33. The van der Waals surface area contributed by atoms with Gasteiger partial charge in [-0.2, -0.15) is 0 Å². The third kappa shape index (κ3) is 3.36. The highest BCUT2D eigenvalue weighted by atomic mass is 19.2. The van der Waals surface area contributed by atoms with Crippen molar-refractivity contribution in [2.24, 2.45) is 5.92 Å². The molecule has 1 saturated heterocycles. The molecule has 1 N–H and O–H groups in total. The predicted molar refractivity (Wildman–Crippen MR) is 66.9 cm³/mol. The van der Waals surface area contributed by atoms with Crippen LogP contribution in [0.15, 0.2) is 18.2 Å². The Labute approximate surface area is 110 Å². The topological polar surface area (TPSA) is 40.5 Å². The molecule has 0 aliphatic carbocycles. The van der Waals surface area contributed by atoms with E-state index in [2.05, 4.69) is 4.90 Å². The molecule has 0 aromatic heterocycles. The Balaban J connectivity index is 1.90. The van der Waals surface area contributed by atoms with Crippen molar-refractivity contribution >= 4 is 5.78 Å². The van der Waals surface area contributed by atoms with E-state index in [-0.39, 0.29) is 30.3 Å². The van der Waals surface area contributed by atoms with Crippen molar-refractivity contribution < 1.29 is 18.7 Å². The van der Waals surface area contributed by atoms with Crippen LogP contribution in [-0.4, -0.2) is 42.0 Å². The Morgan fingerprint density at radius 1 is 1.42 bits per heavy atom. The van der Waals surface area contributed by atoms with Gasteiger partial charge in [0.15, 0.2) is 17.4 Å². The van der Waals surface area contributed by atoms with E-state index in [1.165, 1.54) is 12.1 Å². The van der Waals surface area contributed by atoms with Crippen molar-refractivity contribution in [1.82, 2.24) is 4.90 Å². The summed E-state index contributed by atoms with van der Waals surface area (Å²) in [6.07, 6.45) is 1.08. The summed E-state index contributed by atoms with van der Waals surface area (Å²) in [5, 5.41) is 9.02. The van der Waals surface area contributed by atoms with Crippen molar-refractivity contribution in [3.63, 3.8) is 0 Å². The van der Waals surface area contributed by atoms with E-state index < -0.39 is 11.6 Å². The number of aliphatic hydroxyl groups is 1. The zero-order valence-electron chi connectivity index (χ0n) is 10.6. The molecule has 1 atom stereocenters. The number of hydrogen-bond acceptors (Lipinski definition) is 3. The molecule has 1 aromatic carbocycles. The van der Waals surface area contributed by atoms with Gasteiger partial charge in [0, 0.05) is 26.1 Å². The first-order chi connectivity index (χ1) is 9.11. The lowest BCUT2D eigenvalue weighted by Crippen LogP contribution is -2.24. The van der Waals surface area contributed by atoms with Crippen LogP contribution in [0.1, 0.15) is 23.2 Å². The zero-order chi connectivity index (χ0) is 13.8. The number of benzene rings is 1. The molecule has 104 valence electrons. The van der Waals surface area contributed by atoms with Crippen LogP contribution in [0.3, 0.4) is 0 Å². The van der Waals surface area contributed by atoms with Gasteiger partial charge in [0.1, 0.15) is 0 Å². The molecule has 0 bridgehead atoms. The fourth-order valence-corrected chi connectivity index (χ4v) is 2.38. The van der Waals surface area contributed by atoms with Crippen molar-refractivity contribution in [2.75, 3.05) is 26.2 Å². The summed E-state index contributed by atoms with van der Waals surface area (Å²) < 4.78 is 26.4. The zero-order valence-corrected chi connectivity index (χ0v) is 10.6. The minimum absolute atomic E-state index is 0.156. The Bertz CT molecular complexity index is 465. The van der Waals surface area contributed by atoms with E-state index in [0.29, 0.717) is 6.54 Å². The van der Waals surface area contributed by atoms with Crippen molar-refractivity contribution in [2.45, 2.75) is 12.8 Å². The monoisotopic (exact) mass is 269 g/mol. The molecule has 1 aliphatic rings. The summed E-state index contributed by atoms with van der Waals surface area (Å²) in [4.78, 5) is 13.9. The van der Waals surface area contributed by atoms with E-state index in [9.17, 15) is 13.6 Å². The Morgan fingerprint density at radius 3 is 2.89 bits per heavy atom. The van der Waals surface area contributed by atoms with E-state index in [1.807, 2.05) is 0 Å². The third-order valence-electron chi connectivity index (χ3n) is 3.54. The molecular formula is C14H17F2NO2. The van der Waals surface area contributed by atoms with Crippen LogP contribution in [0.25, 0.3) is 0 Å². The number of likely N-dealkylation sites (tertiary alicyclic amines) is 1. The standard InChI is InChI=1S/C14H17F2NO2/c15-12-3-1-2-11(14(12)16)13(19)5-7-17-6-4-10(8-17)9-18/h1-3,10,18H,4-9H2. The number of carbonyl (C=O) groups is 1. The van der Waals surface area contributed by atoms with Gasteiger partial charge in [-0.15, -0.1) is 0 Å². The van der Waals surface area contributed by atoms with Crippen LogP contribution in [-0.2, 0) is 0 Å². The first-order valence-corrected chi connectivity index (χ1v) is 6.42. The second-order valence-electron chi connectivity index (χ2n) is 4.91. The lowest BCUT2D eigenvalue weighted by atomic mass is 10.1. The molecule has 0 spiro atoms. The summed E-state index contributed by atoms with van der Waals surface area (Å²) in [5.74, 6) is -2.18. The minimum Gasteiger partial charge on any atom is -0.396 e. The van der Waals surface area contributed by atoms with Crippen molar-refractivity contribution in [3.8, 4) is 0 Å². The maximum atomic E-state index is 13.4. The number of hydrogen-bond donors (Lipinski definition) is 1. The van der Waals surface area contributed by atoms with Gasteiger partial charge in [0.2, 0.25) is 0 Å². The Morgan fingerprint density at radius 2 is 2.21 bits per heavy atom. The SMILES string of the molecule is O=C(CCN1CCC(CO)C1)c1cccc(F)c1F. The molecule has 1 fully saturated rings. The number of nitrogens with zero attached hydrogens (tertiary/aromatic N) is 1. The second-order valence-corrected chi connectivity index (χ2v) is 4.91. The quantitative estimate of drug-likeness (QED) is 0.829. The van der Waals surface area contributed by atoms with Gasteiger partial charge >= 0.3 is 0 Å². The number of aliphatic hydroxyl groups excluding tert-OH is 1. The summed E-state index contributed by atoms with van der Waals surface area (Å²) in [6.45, 7) is 2.27. The highest BCUT2D eigenvalue weighted by Crippen LogP contribution is 2.17. The number of rotatable bonds is 5. The molecule has 1 aromatic rings. The van der Waals surface area contributed by atoms with Crippen LogP contribution < -0.4 is 0 Å². The van der Waals surface area contributed by atoms with Crippen LogP contribution in [0.4, 0.5) is 8.78 Å². The second kappa shape index (κ2) is 6.21. The van der Waals surface area contributed by atoms with Gasteiger partial charge < -0.3 is 10.0 Å². The smallest absolute Gasteiger partial charge is 0.169 e. The lowest BCUT2D eigenvalue weighted by molar-refractivity contribution is 0.0962. The average Bonchev–Trinajstić information content (AvgIpc) is 2.87. The van der Waals surface area contributed by atoms with Gasteiger partial charge in [-0.05, 0) is 31.0 Å². The van der Waals surface area contributed by atoms with Gasteiger partial charge in [-0.25, -0.2) is 8.78 Å². The van der Waals surface area contributed by atoms with E-state index in [1.54, 1.807) is 0 Å². The van der Waals surface area contributed by atoms with Gasteiger partial charge in [-0.3, -0.25) is 4.79 Å². The maximum absolute atomic E-state index is 13.4. The fourth-order valence-electron chi connectivity index (χ4n) is 2.38. The molecule has 0 saturated carbocycles. The maximum Gasteiger partial charge on any atom is 0.169 e. The van der Waals surface area contributed by atoms with Gasteiger partial charge in [-0.1, -0.05) is 6.07 Å². The largest absolute Gasteiger partial charge is 0.396 e. The number of halogens is 2. The van der Waals surface area contributed by atoms with Crippen molar-refractivity contribution in [1.29, 1.82) is 0 Å². The summed E-state index contributed by atoms with van der Waals surface area (Å²) in [6, 6.07) is 3.64. The molecule has 19 heavy (non-hydrogen) atoms. The predicted octanol–water partition coefficient (Wildman–Crippen LogP) is 1.85. The highest BCUT2D eigenvalue weighted by Gasteiger charge is 2.22. The summed E-state index contributed by atoms with van der Waals surface area (Å²) >= 11 is 0. The molecule has 1 heterocycles. The van der Waals surface area contributed by atoms with Crippen LogP contribution in [0.2, 0.25) is 0 Å². The summed E-state index contributed by atoms with van der Waals surface area (Å²) in [5.41, 5.74) is -0.182. The van der Waals surface area contributed by atoms with Crippen LogP contribution in [0.5, 0.6) is 0 Å². The molecule has 3 nitrogen and oxygen atoms in total. The summed E-state index contributed by atoms with van der Waals surface area (Å²) in [7, 11) is 0. The van der Waals surface area contributed by atoms with Crippen molar-refractivity contribution in [3.05, 3.63) is 35.4 Å². The minimum atomic E-state index is -1.07. The van der Waals surface area contributed by atoms with Gasteiger partial charge in [0.25, 0.3) is 0 Å². The lowest BCUT2D eigenvalue weighted by Gasteiger charge is -2.14. The molecule has 2 rings (SSSR count). The molecule has 0 radical (unpaired) electrons. The number of Topliss-reactive ketones (excluding diaryl/α,β-unsaturated/α-hetero) is 1. The van der Waals surface area contributed by atoms with E-state index in [0.717, 1.165) is 25.6 Å².